The second kappa shape index (κ2) is 7.83. The van der Waals surface area contributed by atoms with Gasteiger partial charge in [-0.05, 0) is 36.1 Å². The fraction of sp³-hybridized carbons (Fsp3) is 0.350. The van der Waals surface area contributed by atoms with Crippen molar-refractivity contribution >= 4 is 21.4 Å². The molecule has 4 nitrogen and oxygen atoms in total. The van der Waals surface area contributed by atoms with Crippen LogP contribution in [0.15, 0.2) is 53.4 Å². The SMILES string of the molecule is CCC(C)C(C(=O)Nc1cc(S(C)(=O)=O)ccc1C)c1ccccc1. The number of benzene rings is 2. The van der Waals surface area contributed by atoms with Crippen LogP contribution in [0.5, 0.6) is 0 Å². The van der Waals surface area contributed by atoms with E-state index in [4.69, 9.17) is 0 Å². The lowest BCUT2D eigenvalue weighted by Crippen LogP contribution is -2.26. The standard InChI is InChI=1S/C20H25NO3S/c1-5-14(2)19(16-9-7-6-8-10-16)20(22)21-18-13-17(25(4,23)24)12-11-15(18)3/h6-14,19H,5H2,1-4H3,(H,21,22). The maximum absolute atomic E-state index is 13.0. The molecule has 2 atom stereocenters. The molecule has 0 radical (unpaired) electrons. The van der Waals surface area contributed by atoms with Crippen molar-refractivity contribution < 1.29 is 13.2 Å². The van der Waals surface area contributed by atoms with E-state index in [0.29, 0.717) is 5.69 Å². The molecule has 0 aliphatic rings. The third-order valence-electron chi connectivity index (χ3n) is 4.55. The van der Waals surface area contributed by atoms with Crippen LogP contribution in [-0.2, 0) is 14.6 Å². The normalized spacial score (nSPS) is 13.9. The molecular weight excluding hydrogens is 334 g/mol. The number of carbonyl (C=O) groups is 1. The highest BCUT2D eigenvalue weighted by Crippen LogP contribution is 2.29. The summed E-state index contributed by atoms with van der Waals surface area (Å²) in [5, 5.41) is 2.93. The maximum atomic E-state index is 13.0. The molecule has 0 aromatic heterocycles. The van der Waals surface area contributed by atoms with Crippen molar-refractivity contribution in [2.24, 2.45) is 5.92 Å². The first-order chi connectivity index (χ1) is 11.7. The molecule has 0 fully saturated rings. The van der Waals surface area contributed by atoms with Crippen molar-refractivity contribution in [2.45, 2.75) is 38.0 Å². The van der Waals surface area contributed by atoms with Crippen LogP contribution in [0.1, 0.15) is 37.3 Å². The average Bonchev–Trinajstić information content (AvgIpc) is 2.56. The van der Waals surface area contributed by atoms with Gasteiger partial charge in [0.25, 0.3) is 0 Å². The van der Waals surface area contributed by atoms with Gasteiger partial charge in [0.15, 0.2) is 9.84 Å². The summed E-state index contributed by atoms with van der Waals surface area (Å²) >= 11 is 0. The number of hydrogen-bond donors (Lipinski definition) is 1. The third kappa shape index (κ3) is 4.69. The van der Waals surface area contributed by atoms with Crippen LogP contribution in [0.4, 0.5) is 5.69 Å². The largest absolute Gasteiger partial charge is 0.325 e. The lowest BCUT2D eigenvalue weighted by Gasteiger charge is -2.23. The van der Waals surface area contributed by atoms with Gasteiger partial charge in [-0.15, -0.1) is 0 Å². The van der Waals surface area contributed by atoms with Crippen molar-refractivity contribution in [3.05, 3.63) is 59.7 Å². The first kappa shape index (κ1) is 19.2. The van der Waals surface area contributed by atoms with Crippen LogP contribution in [0, 0.1) is 12.8 Å². The Labute approximate surface area is 150 Å². The van der Waals surface area contributed by atoms with Gasteiger partial charge in [-0.2, -0.15) is 0 Å². The summed E-state index contributed by atoms with van der Waals surface area (Å²) in [7, 11) is -3.32. The van der Waals surface area contributed by atoms with E-state index >= 15 is 0 Å². The minimum atomic E-state index is -3.32. The number of sulfone groups is 1. The molecular formula is C20H25NO3S. The van der Waals surface area contributed by atoms with Crippen LogP contribution >= 0.6 is 0 Å². The van der Waals surface area contributed by atoms with Gasteiger partial charge in [0, 0.05) is 11.9 Å². The van der Waals surface area contributed by atoms with E-state index in [1.54, 1.807) is 12.1 Å². The fourth-order valence-corrected chi connectivity index (χ4v) is 3.46. The molecule has 134 valence electrons. The van der Waals surface area contributed by atoms with Gasteiger partial charge in [0.2, 0.25) is 5.91 Å². The van der Waals surface area contributed by atoms with Crippen LogP contribution in [0.2, 0.25) is 0 Å². The molecule has 1 N–H and O–H groups in total. The summed E-state index contributed by atoms with van der Waals surface area (Å²) in [5.74, 6) is -0.234. The highest BCUT2D eigenvalue weighted by molar-refractivity contribution is 7.90. The lowest BCUT2D eigenvalue weighted by molar-refractivity contribution is -0.118. The van der Waals surface area contributed by atoms with Crippen molar-refractivity contribution in [3.8, 4) is 0 Å². The quantitative estimate of drug-likeness (QED) is 0.842. The molecule has 0 saturated heterocycles. The molecule has 0 aliphatic heterocycles. The second-order valence-corrected chi connectivity index (χ2v) is 8.53. The Balaban J connectivity index is 2.36. The van der Waals surface area contributed by atoms with Crippen LogP contribution in [-0.4, -0.2) is 20.6 Å². The van der Waals surface area contributed by atoms with E-state index in [1.165, 1.54) is 6.07 Å². The van der Waals surface area contributed by atoms with E-state index in [2.05, 4.69) is 19.2 Å². The zero-order valence-corrected chi connectivity index (χ0v) is 15.9. The van der Waals surface area contributed by atoms with Gasteiger partial charge in [0.1, 0.15) is 0 Å². The fourth-order valence-electron chi connectivity index (χ4n) is 2.81. The van der Waals surface area contributed by atoms with E-state index in [9.17, 15) is 13.2 Å². The molecule has 0 aliphatic carbocycles. The molecule has 1 amide bonds. The molecule has 0 bridgehead atoms. The van der Waals surface area contributed by atoms with E-state index < -0.39 is 9.84 Å². The molecule has 0 saturated carbocycles. The van der Waals surface area contributed by atoms with Gasteiger partial charge >= 0.3 is 0 Å². The molecule has 2 rings (SSSR count). The van der Waals surface area contributed by atoms with Gasteiger partial charge in [0.05, 0.1) is 10.8 Å². The Bertz CT molecular complexity index is 844. The third-order valence-corrected chi connectivity index (χ3v) is 5.66. The predicted molar refractivity (Wildman–Crippen MR) is 102 cm³/mol. The predicted octanol–water partition coefficient (Wildman–Crippen LogP) is 4.17. The lowest BCUT2D eigenvalue weighted by atomic mass is 9.85. The summed E-state index contributed by atoms with van der Waals surface area (Å²) in [5.41, 5.74) is 2.33. The Hall–Kier alpha value is -2.14. The molecule has 2 aromatic rings. The second-order valence-electron chi connectivity index (χ2n) is 6.51. The number of nitrogens with one attached hydrogen (secondary N) is 1. The van der Waals surface area contributed by atoms with Crippen LogP contribution in [0.3, 0.4) is 0 Å². The first-order valence-electron chi connectivity index (χ1n) is 8.40. The summed E-state index contributed by atoms with van der Waals surface area (Å²) < 4.78 is 23.6. The van der Waals surface area contributed by atoms with Crippen molar-refractivity contribution in [3.63, 3.8) is 0 Å². The average molecular weight is 359 g/mol. The summed E-state index contributed by atoms with van der Waals surface area (Å²) in [6.45, 7) is 5.96. The number of anilines is 1. The van der Waals surface area contributed by atoms with Crippen molar-refractivity contribution in [2.75, 3.05) is 11.6 Å². The molecule has 0 heterocycles. The topological polar surface area (TPSA) is 63.2 Å². The Morgan fingerprint density at radius 1 is 1.12 bits per heavy atom. The van der Waals surface area contributed by atoms with E-state index in [1.807, 2.05) is 37.3 Å². The minimum absolute atomic E-state index is 0.116. The minimum Gasteiger partial charge on any atom is -0.325 e. The smallest absolute Gasteiger partial charge is 0.232 e. The zero-order chi connectivity index (χ0) is 18.6. The summed E-state index contributed by atoms with van der Waals surface area (Å²) in [4.78, 5) is 13.2. The number of rotatable bonds is 6. The summed E-state index contributed by atoms with van der Waals surface area (Å²) in [6, 6.07) is 14.5. The van der Waals surface area contributed by atoms with Gasteiger partial charge in [-0.1, -0.05) is 56.7 Å². The highest BCUT2D eigenvalue weighted by atomic mass is 32.2. The highest BCUT2D eigenvalue weighted by Gasteiger charge is 2.26. The van der Waals surface area contributed by atoms with Gasteiger partial charge < -0.3 is 5.32 Å². The van der Waals surface area contributed by atoms with Crippen molar-refractivity contribution in [1.82, 2.24) is 0 Å². The van der Waals surface area contributed by atoms with Crippen LogP contribution < -0.4 is 5.32 Å². The number of carbonyl (C=O) groups excluding carboxylic acids is 1. The monoisotopic (exact) mass is 359 g/mol. The first-order valence-corrected chi connectivity index (χ1v) is 10.3. The Morgan fingerprint density at radius 3 is 2.32 bits per heavy atom. The number of amides is 1. The molecule has 25 heavy (non-hydrogen) atoms. The van der Waals surface area contributed by atoms with Gasteiger partial charge in [-0.25, -0.2) is 8.42 Å². The maximum Gasteiger partial charge on any atom is 0.232 e. The van der Waals surface area contributed by atoms with E-state index in [-0.39, 0.29) is 22.6 Å². The molecule has 5 heteroatoms. The summed E-state index contributed by atoms with van der Waals surface area (Å²) in [6.07, 6.45) is 2.03. The molecule has 0 spiro atoms. The van der Waals surface area contributed by atoms with E-state index in [0.717, 1.165) is 23.8 Å². The van der Waals surface area contributed by atoms with Gasteiger partial charge in [-0.3, -0.25) is 4.79 Å². The zero-order valence-electron chi connectivity index (χ0n) is 15.1. The van der Waals surface area contributed by atoms with Crippen molar-refractivity contribution in [1.29, 1.82) is 0 Å². The number of hydrogen-bond acceptors (Lipinski definition) is 3. The number of aryl methyl sites for hydroxylation is 1. The molecule has 2 unspecified atom stereocenters. The Morgan fingerprint density at radius 2 is 1.76 bits per heavy atom. The Kier molecular flexibility index (Phi) is 6.01. The molecule has 2 aromatic carbocycles. The van der Waals surface area contributed by atoms with Crippen LogP contribution in [0.25, 0.3) is 0 Å².